The Kier molecular flexibility index (Phi) is 7.24. The highest BCUT2D eigenvalue weighted by molar-refractivity contribution is 7.88. The zero-order valence-corrected chi connectivity index (χ0v) is 17.4. The van der Waals surface area contributed by atoms with E-state index in [-0.39, 0.29) is 11.7 Å². The molecule has 3 rings (SSSR count). The van der Waals surface area contributed by atoms with Gasteiger partial charge in [-0.25, -0.2) is 8.42 Å². The Morgan fingerprint density at radius 2 is 1.72 bits per heavy atom. The molecular weight excluding hydrogens is 390 g/mol. The number of ether oxygens (including phenoxy) is 1. The molecule has 0 spiro atoms. The smallest absolute Gasteiger partial charge is 0.251 e. The van der Waals surface area contributed by atoms with Crippen LogP contribution in [0, 0.1) is 0 Å². The summed E-state index contributed by atoms with van der Waals surface area (Å²) in [5.74, 6) is -0.245. The molecular formula is C21H27N3O4S. The van der Waals surface area contributed by atoms with Crippen molar-refractivity contribution in [3.05, 3.63) is 65.7 Å². The van der Waals surface area contributed by atoms with Gasteiger partial charge in [0.05, 0.1) is 19.0 Å². The molecule has 0 saturated carbocycles. The van der Waals surface area contributed by atoms with Crippen LogP contribution in [0.15, 0.2) is 54.6 Å². The maximum atomic E-state index is 12.5. The van der Waals surface area contributed by atoms with Crippen molar-refractivity contribution < 1.29 is 17.9 Å². The average Bonchev–Trinajstić information content (AvgIpc) is 2.75. The van der Waals surface area contributed by atoms with E-state index in [4.69, 9.17) is 4.74 Å². The molecule has 0 radical (unpaired) electrons. The molecule has 1 N–H and O–H groups in total. The molecule has 0 unspecified atom stereocenters. The monoisotopic (exact) mass is 417 g/mol. The molecule has 8 heteroatoms. The summed E-state index contributed by atoms with van der Waals surface area (Å²) in [5.41, 5.74) is 2.27. The number of nitrogens with zero attached hydrogens (tertiary/aromatic N) is 2. The van der Waals surface area contributed by atoms with Crippen LogP contribution in [-0.2, 0) is 20.5 Å². The van der Waals surface area contributed by atoms with Crippen LogP contribution < -0.4 is 10.2 Å². The van der Waals surface area contributed by atoms with Crippen molar-refractivity contribution in [3.8, 4) is 0 Å². The van der Waals surface area contributed by atoms with Gasteiger partial charge in [0.1, 0.15) is 0 Å². The van der Waals surface area contributed by atoms with Gasteiger partial charge in [0.15, 0.2) is 0 Å². The number of carbonyl (C=O) groups is 1. The number of anilines is 1. The van der Waals surface area contributed by atoms with Crippen molar-refractivity contribution in [2.45, 2.75) is 5.75 Å². The quantitative estimate of drug-likeness (QED) is 0.708. The summed E-state index contributed by atoms with van der Waals surface area (Å²) in [6.07, 6.45) is 0. The summed E-state index contributed by atoms with van der Waals surface area (Å²) >= 11 is 0. The summed E-state index contributed by atoms with van der Waals surface area (Å²) in [4.78, 5) is 14.4. The van der Waals surface area contributed by atoms with Gasteiger partial charge in [0.2, 0.25) is 10.0 Å². The largest absolute Gasteiger partial charge is 0.379 e. The lowest BCUT2D eigenvalue weighted by Gasteiger charge is -2.26. The van der Waals surface area contributed by atoms with Gasteiger partial charge < -0.3 is 15.0 Å². The summed E-state index contributed by atoms with van der Waals surface area (Å²) < 4.78 is 31.6. The molecule has 1 aliphatic heterocycles. The fraction of sp³-hybridized carbons (Fsp3) is 0.381. The van der Waals surface area contributed by atoms with E-state index >= 15 is 0 Å². The topological polar surface area (TPSA) is 79.0 Å². The molecule has 1 amide bonds. The lowest BCUT2D eigenvalue weighted by atomic mass is 10.1. The second-order valence-corrected chi connectivity index (χ2v) is 8.95. The first-order valence-electron chi connectivity index (χ1n) is 9.64. The van der Waals surface area contributed by atoms with Crippen LogP contribution >= 0.6 is 0 Å². The second-order valence-electron chi connectivity index (χ2n) is 6.98. The number of likely N-dealkylation sites (N-methyl/N-ethyl adjacent to an activating group) is 1. The Balaban J connectivity index is 1.49. The predicted octanol–water partition coefficient (Wildman–Crippen LogP) is 1.71. The number of sulfonamides is 1. The molecule has 0 bridgehead atoms. The maximum absolute atomic E-state index is 12.5. The number of benzene rings is 2. The molecule has 0 aromatic heterocycles. The molecule has 7 nitrogen and oxygen atoms in total. The number of carbonyl (C=O) groups excluding carboxylic acids is 1. The van der Waals surface area contributed by atoms with E-state index in [0.717, 1.165) is 5.69 Å². The van der Waals surface area contributed by atoms with Crippen LogP contribution in [0.1, 0.15) is 15.9 Å². The van der Waals surface area contributed by atoms with Crippen molar-refractivity contribution in [1.29, 1.82) is 0 Å². The number of para-hydroxylation sites is 1. The highest BCUT2D eigenvalue weighted by Gasteiger charge is 2.24. The predicted molar refractivity (Wildman–Crippen MR) is 114 cm³/mol. The molecule has 1 heterocycles. The highest BCUT2D eigenvalue weighted by atomic mass is 32.2. The van der Waals surface area contributed by atoms with E-state index in [9.17, 15) is 13.2 Å². The SMILES string of the molecule is CN(CCNC(=O)c1ccc(CS(=O)(=O)N2CCOCC2)cc1)c1ccccc1. The van der Waals surface area contributed by atoms with Crippen molar-refractivity contribution >= 4 is 21.6 Å². The minimum atomic E-state index is -3.37. The van der Waals surface area contributed by atoms with E-state index in [0.29, 0.717) is 50.5 Å². The summed E-state index contributed by atoms with van der Waals surface area (Å²) in [6, 6.07) is 16.7. The van der Waals surface area contributed by atoms with Crippen molar-refractivity contribution in [3.63, 3.8) is 0 Å². The number of hydrogen-bond acceptors (Lipinski definition) is 5. The molecule has 1 aliphatic rings. The first-order valence-corrected chi connectivity index (χ1v) is 11.3. The minimum absolute atomic E-state index is 0.0726. The molecule has 29 heavy (non-hydrogen) atoms. The minimum Gasteiger partial charge on any atom is -0.379 e. The highest BCUT2D eigenvalue weighted by Crippen LogP contribution is 2.14. The number of nitrogens with one attached hydrogen (secondary N) is 1. The lowest BCUT2D eigenvalue weighted by molar-refractivity contribution is 0.0729. The molecule has 0 aliphatic carbocycles. The van der Waals surface area contributed by atoms with Crippen molar-refractivity contribution in [1.82, 2.24) is 9.62 Å². The Bertz CT molecular complexity index is 895. The normalized spacial score (nSPS) is 15.1. The number of hydrogen-bond donors (Lipinski definition) is 1. The van der Waals surface area contributed by atoms with E-state index in [1.807, 2.05) is 37.4 Å². The molecule has 2 aromatic rings. The second kappa shape index (κ2) is 9.87. The zero-order chi connectivity index (χ0) is 20.7. The fourth-order valence-electron chi connectivity index (χ4n) is 3.13. The molecule has 1 fully saturated rings. The van der Waals surface area contributed by atoms with E-state index in [1.165, 1.54) is 4.31 Å². The summed E-state index contributed by atoms with van der Waals surface area (Å²) in [7, 11) is -1.39. The summed E-state index contributed by atoms with van der Waals surface area (Å²) in [5, 5.41) is 2.90. The van der Waals surface area contributed by atoms with Crippen LogP contribution in [0.4, 0.5) is 5.69 Å². The maximum Gasteiger partial charge on any atom is 0.251 e. The first-order chi connectivity index (χ1) is 14.0. The van der Waals surface area contributed by atoms with Crippen LogP contribution in [0.5, 0.6) is 0 Å². The Hall–Kier alpha value is -2.42. The number of rotatable bonds is 8. The summed E-state index contributed by atoms with van der Waals surface area (Å²) in [6.45, 7) is 2.83. The van der Waals surface area contributed by atoms with E-state index < -0.39 is 10.0 Å². The van der Waals surface area contributed by atoms with Gasteiger partial charge in [-0.15, -0.1) is 0 Å². The third-order valence-electron chi connectivity index (χ3n) is 4.86. The van der Waals surface area contributed by atoms with Gasteiger partial charge in [-0.05, 0) is 29.8 Å². The van der Waals surface area contributed by atoms with Gasteiger partial charge in [-0.2, -0.15) is 4.31 Å². The van der Waals surface area contributed by atoms with Crippen molar-refractivity contribution in [2.75, 3.05) is 51.3 Å². The third-order valence-corrected chi connectivity index (χ3v) is 6.71. The van der Waals surface area contributed by atoms with Gasteiger partial charge in [0, 0.05) is 44.5 Å². The lowest BCUT2D eigenvalue weighted by Crippen LogP contribution is -2.41. The van der Waals surface area contributed by atoms with Gasteiger partial charge in [-0.3, -0.25) is 4.79 Å². The molecule has 1 saturated heterocycles. The fourth-order valence-corrected chi connectivity index (χ4v) is 4.63. The van der Waals surface area contributed by atoms with Gasteiger partial charge in [-0.1, -0.05) is 30.3 Å². The van der Waals surface area contributed by atoms with E-state index in [2.05, 4.69) is 10.2 Å². The Morgan fingerprint density at radius 1 is 1.07 bits per heavy atom. The molecule has 0 atom stereocenters. The Morgan fingerprint density at radius 3 is 2.38 bits per heavy atom. The van der Waals surface area contributed by atoms with Crippen LogP contribution in [-0.4, -0.2) is 65.1 Å². The van der Waals surface area contributed by atoms with Crippen LogP contribution in [0.25, 0.3) is 0 Å². The third kappa shape index (κ3) is 6.03. The van der Waals surface area contributed by atoms with Crippen LogP contribution in [0.3, 0.4) is 0 Å². The van der Waals surface area contributed by atoms with E-state index in [1.54, 1.807) is 24.3 Å². The van der Waals surface area contributed by atoms with Gasteiger partial charge in [0.25, 0.3) is 5.91 Å². The first kappa shape index (κ1) is 21.3. The average molecular weight is 418 g/mol. The molecule has 2 aromatic carbocycles. The molecule has 156 valence electrons. The Labute approximate surface area is 172 Å². The van der Waals surface area contributed by atoms with Crippen molar-refractivity contribution in [2.24, 2.45) is 0 Å². The number of amides is 1. The van der Waals surface area contributed by atoms with Crippen LogP contribution in [0.2, 0.25) is 0 Å². The zero-order valence-electron chi connectivity index (χ0n) is 16.6. The number of morpholine rings is 1. The standard InChI is InChI=1S/C21H27N3O4S/c1-23(20-5-3-2-4-6-20)12-11-22-21(25)19-9-7-18(8-10-19)17-29(26,27)24-13-15-28-16-14-24/h2-10H,11-17H2,1H3,(H,22,25). The van der Waals surface area contributed by atoms with Gasteiger partial charge >= 0.3 is 0 Å².